The first-order valence-corrected chi connectivity index (χ1v) is 4.93. The van der Waals surface area contributed by atoms with Gasteiger partial charge in [-0.05, 0) is 28.1 Å². The van der Waals surface area contributed by atoms with E-state index in [4.69, 9.17) is 9.47 Å². The molecule has 1 aliphatic heterocycles. The molecule has 0 amide bonds. The van der Waals surface area contributed by atoms with Crippen LogP contribution in [0, 0.1) is 0 Å². The summed E-state index contributed by atoms with van der Waals surface area (Å²) in [4.78, 5) is 11.4. The Morgan fingerprint density at radius 1 is 1.47 bits per heavy atom. The predicted molar refractivity (Wildman–Crippen MR) is 56.0 cm³/mol. The second-order valence-electron chi connectivity index (χ2n) is 2.77. The first kappa shape index (κ1) is 10.0. The van der Waals surface area contributed by atoms with E-state index in [9.17, 15) is 4.79 Å². The molecule has 2 rings (SSSR count). The van der Waals surface area contributed by atoms with Gasteiger partial charge in [-0.2, -0.15) is 0 Å². The van der Waals surface area contributed by atoms with Crippen LogP contribution in [0.2, 0.25) is 0 Å². The molecule has 0 aromatic heterocycles. The van der Waals surface area contributed by atoms with Gasteiger partial charge in [0.15, 0.2) is 11.5 Å². The van der Waals surface area contributed by atoms with Gasteiger partial charge < -0.3 is 14.2 Å². The summed E-state index contributed by atoms with van der Waals surface area (Å²) < 4.78 is 15.6. The molecule has 0 N–H and O–H groups in total. The van der Waals surface area contributed by atoms with E-state index in [1.807, 2.05) is 0 Å². The molecule has 0 fully saturated rings. The molecule has 78 valence electrons. The van der Waals surface area contributed by atoms with Gasteiger partial charge in [-0.1, -0.05) is 6.07 Å². The zero-order valence-electron chi connectivity index (χ0n) is 7.82. The van der Waals surface area contributed by atoms with Crippen molar-refractivity contribution in [1.29, 1.82) is 0 Å². The summed E-state index contributed by atoms with van der Waals surface area (Å²) in [5.41, 5.74) is 0.339. The van der Waals surface area contributed by atoms with Crippen molar-refractivity contribution in [3.63, 3.8) is 0 Å². The van der Waals surface area contributed by atoms with E-state index >= 15 is 0 Å². The Morgan fingerprint density at radius 3 is 3.00 bits per heavy atom. The molecule has 0 spiro atoms. The number of ether oxygens (including phenoxy) is 3. The van der Waals surface area contributed by atoms with E-state index < -0.39 is 5.97 Å². The van der Waals surface area contributed by atoms with Crippen LogP contribution in [0.3, 0.4) is 0 Å². The molecule has 0 saturated carbocycles. The first-order valence-electron chi connectivity index (χ1n) is 4.14. The summed E-state index contributed by atoms with van der Waals surface area (Å²) in [5.74, 6) is 0.390. The Morgan fingerprint density at radius 2 is 2.27 bits per heavy atom. The minimum atomic E-state index is -0.457. The largest absolute Gasteiger partial charge is 0.465 e. The lowest BCUT2D eigenvalue weighted by molar-refractivity contribution is 0.0596. The van der Waals surface area contributed by atoms with Crippen molar-refractivity contribution in [2.24, 2.45) is 0 Å². The van der Waals surface area contributed by atoms with Crippen LogP contribution in [0.5, 0.6) is 11.5 Å². The maximum atomic E-state index is 11.4. The number of fused-ring (bicyclic) bond motifs is 1. The highest BCUT2D eigenvalue weighted by atomic mass is 79.9. The average molecular weight is 271 g/mol. The minimum absolute atomic E-state index is 0.339. The Hall–Kier alpha value is -1.49. The van der Waals surface area contributed by atoms with Crippen LogP contribution in [0.4, 0.5) is 0 Å². The molecule has 0 atom stereocenters. The lowest BCUT2D eigenvalue weighted by atomic mass is 10.2. The normalized spacial score (nSPS) is 13.1. The van der Waals surface area contributed by atoms with Crippen LogP contribution < -0.4 is 9.47 Å². The second kappa shape index (κ2) is 3.94. The van der Waals surface area contributed by atoms with Crippen LogP contribution in [0.25, 0.3) is 0 Å². The van der Waals surface area contributed by atoms with Gasteiger partial charge in [0.2, 0.25) is 4.67 Å². The quantitative estimate of drug-likeness (QED) is 0.736. The molecule has 1 aliphatic rings. The number of rotatable bonds is 1. The van der Waals surface area contributed by atoms with Gasteiger partial charge in [-0.25, -0.2) is 4.79 Å². The fourth-order valence-electron chi connectivity index (χ4n) is 1.22. The molecule has 1 aromatic carbocycles. The fourth-order valence-corrected chi connectivity index (χ4v) is 1.49. The van der Waals surface area contributed by atoms with Gasteiger partial charge in [-0.15, -0.1) is 0 Å². The van der Waals surface area contributed by atoms with Crippen molar-refractivity contribution in [2.45, 2.75) is 0 Å². The minimum Gasteiger partial charge on any atom is -0.465 e. The topological polar surface area (TPSA) is 44.8 Å². The predicted octanol–water partition coefficient (Wildman–Crippen LogP) is 2.44. The monoisotopic (exact) mass is 270 g/mol. The summed E-state index contributed by atoms with van der Waals surface area (Å²) in [7, 11) is 1.32. The Balaban J connectivity index is 2.46. The standard InChI is InChI=1S/C10H7BrO4/c1-13-10(12)6-3-2-4-7-9(6)14-5-8(11)15-7/h2-5H,1H3. The summed E-state index contributed by atoms with van der Waals surface area (Å²) >= 11 is 3.13. The number of carbonyl (C=O) groups is 1. The molecule has 0 radical (unpaired) electrons. The van der Waals surface area contributed by atoms with Gasteiger partial charge >= 0.3 is 5.97 Å². The smallest absolute Gasteiger partial charge is 0.341 e. The molecule has 1 heterocycles. The SMILES string of the molecule is COC(=O)c1cccc2c1OC=C(Br)O2. The number of hydrogen-bond acceptors (Lipinski definition) is 4. The van der Waals surface area contributed by atoms with Crippen LogP contribution in [-0.2, 0) is 4.74 Å². The number of hydrogen-bond donors (Lipinski definition) is 0. The van der Waals surface area contributed by atoms with E-state index in [1.54, 1.807) is 18.2 Å². The second-order valence-corrected chi connectivity index (χ2v) is 3.55. The zero-order chi connectivity index (χ0) is 10.8. The zero-order valence-corrected chi connectivity index (χ0v) is 9.41. The van der Waals surface area contributed by atoms with Crippen LogP contribution in [-0.4, -0.2) is 13.1 Å². The molecule has 0 unspecified atom stereocenters. The number of halogens is 1. The molecule has 1 aromatic rings. The van der Waals surface area contributed by atoms with E-state index in [0.717, 1.165) is 0 Å². The number of benzene rings is 1. The van der Waals surface area contributed by atoms with Gasteiger partial charge in [0.05, 0.1) is 7.11 Å². The Labute approximate surface area is 94.6 Å². The van der Waals surface area contributed by atoms with Crippen molar-refractivity contribution >= 4 is 21.9 Å². The highest BCUT2D eigenvalue weighted by molar-refractivity contribution is 9.11. The number of methoxy groups -OCH3 is 1. The van der Waals surface area contributed by atoms with Crippen LogP contribution >= 0.6 is 15.9 Å². The van der Waals surface area contributed by atoms with E-state index in [1.165, 1.54) is 13.4 Å². The van der Waals surface area contributed by atoms with Crippen molar-refractivity contribution in [3.05, 3.63) is 34.7 Å². The summed E-state index contributed by atoms with van der Waals surface area (Å²) in [6.07, 6.45) is 1.37. The third-order valence-electron chi connectivity index (χ3n) is 1.86. The maximum absolute atomic E-state index is 11.4. The highest BCUT2D eigenvalue weighted by Crippen LogP contribution is 2.37. The van der Waals surface area contributed by atoms with Crippen LogP contribution in [0.15, 0.2) is 29.1 Å². The summed E-state index contributed by atoms with van der Waals surface area (Å²) in [5, 5.41) is 0. The molecule has 0 saturated heterocycles. The van der Waals surface area contributed by atoms with Gasteiger partial charge in [-0.3, -0.25) is 0 Å². The fraction of sp³-hybridized carbons (Fsp3) is 0.100. The van der Waals surface area contributed by atoms with Crippen LogP contribution in [0.1, 0.15) is 10.4 Å². The van der Waals surface area contributed by atoms with Crippen molar-refractivity contribution in [1.82, 2.24) is 0 Å². The van der Waals surface area contributed by atoms with Gasteiger partial charge in [0.25, 0.3) is 0 Å². The highest BCUT2D eigenvalue weighted by Gasteiger charge is 2.21. The molecule has 15 heavy (non-hydrogen) atoms. The number of carbonyl (C=O) groups excluding carboxylic acids is 1. The van der Waals surface area contributed by atoms with Gasteiger partial charge in [0.1, 0.15) is 11.8 Å². The van der Waals surface area contributed by atoms with E-state index in [2.05, 4.69) is 20.7 Å². The lowest BCUT2D eigenvalue weighted by Gasteiger charge is -2.16. The molecule has 0 aliphatic carbocycles. The lowest BCUT2D eigenvalue weighted by Crippen LogP contribution is -2.08. The number of esters is 1. The molecular formula is C10H7BrO4. The third kappa shape index (κ3) is 1.83. The molecular weight excluding hydrogens is 264 g/mol. The molecule has 0 bridgehead atoms. The van der Waals surface area contributed by atoms with Crippen molar-refractivity contribution < 1.29 is 19.0 Å². The summed E-state index contributed by atoms with van der Waals surface area (Å²) in [6, 6.07) is 5.01. The average Bonchev–Trinajstić information content (AvgIpc) is 2.26. The van der Waals surface area contributed by atoms with Gasteiger partial charge in [0, 0.05) is 0 Å². The maximum Gasteiger partial charge on any atom is 0.341 e. The Kier molecular flexibility index (Phi) is 2.64. The van der Waals surface area contributed by atoms with Crippen molar-refractivity contribution in [3.8, 4) is 11.5 Å². The molecule has 4 nitrogen and oxygen atoms in total. The van der Waals surface area contributed by atoms with E-state index in [-0.39, 0.29) is 0 Å². The van der Waals surface area contributed by atoms with Crippen molar-refractivity contribution in [2.75, 3.05) is 7.11 Å². The Bertz CT molecular complexity index is 439. The summed E-state index contributed by atoms with van der Waals surface area (Å²) in [6.45, 7) is 0. The number of para-hydroxylation sites is 1. The first-order chi connectivity index (χ1) is 7.22. The molecule has 5 heteroatoms. The third-order valence-corrected chi connectivity index (χ3v) is 2.21. The van der Waals surface area contributed by atoms with E-state index in [0.29, 0.717) is 21.7 Å².